The van der Waals surface area contributed by atoms with Gasteiger partial charge in [0.25, 0.3) is 5.56 Å². The smallest absolute Gasteiger partial charge is 0.283 e. The fraction of sp³-hybridized carbons (Fsp3) is 0.636. The van der Waals surface area contributed by atoms with Gasteiger partial charge in [-0.15, -0.1) is 0 Å². The second-order valence-corrected chi connectivity index (χ2v) is 5.06. The fourth-order valence-electron chi connectivity index (χ4n) is 2.05. The van der Waals surface area contributed by atoms with Crippen LogP contribution in [-0.2, 0) is 6.54 Å². The molecule has 0 aromatic carbocycles. The van der Waals surface area contributed by atoms with Gasteiger partial charge in [-0.3, -0.25) is 4.79 Å². The minimum absolute atomic E-state index is 0.0591. The number of nitrogens with one attached hydrogen (secondary N) is 1. The van der Waals surface area contributed by atoms with Crippen molar-refractivity contribution >= 4 is 21.6 Å². The molecule has 0 unspecified atom stereocenters. The van der Waals surface area contributed by atoms with Gasteiger partial charge in [-0.25, -0.2) is 4.68 Å². The molecule has 1 N–H and O–H groups in total. The first-order valence-corrected chi connectivity index (χ1v) is 6.66. The van der Waals surface area contributed by atoms with E-state index in [-0.39, 0.29) is 5.56 Å². The Labute approximate surface area is 109 Å². The zero-order valence-electron chi connectivity index (χ0n) is 10.1. The average molecular weight is 301 g/mol. The van der Waals surface area contributed by atoms with E-state index in [1.165, 1.54) is 4.68 Å². The molecule has 1 atom stereocenters. The molecule has 1 fully saturated rings. The Bertz CT molecular complexity index is 459. The van der Waals surface area contributed by atoms with E-state index in [0.717, 1.165) is 25.3 Å². The highest BCUT2D eigenvalue weighted by atomic mass is 79.9. The summed E-state index contributed by atoms with van der Waals surface area (Å²) in [6.45, 7) is 7.38. The van der Waals surface area contributed by atoms with Gasteiger partial charge in [0, 0.05) is 32.2 Å². The van der Waals surface area contributed by atoms with E-state index in [9.17, 15) is 4.79 Å². The summed E-state index contributed by atoms with van der Waals surface area (Å²) >= 11 is 3.39. The SMILES string of the molecule is CCn1ncc(N2CCN[C@@H](C)C2)c(Br)c1=O. The van der Waals surface area contributed by atoms with Crippen molar-refractivity contribution in [3.63, 3.8) is 0 Å². The molecule has 1 aromatic rings. The van der Waals surface area contributed by atoms with Crippen molar-refractivity contribution < 1.29 is 0 Å². The van der Waals surface area contributed by atoms with Crippen molar-refractivity contribution in [2.45, 2.75) is 26.4 Å². The van der Waals surface area contributed by atoms with Crippen molar-refractivity contribution in [1.82, 2.24) is 15.1 Å². The third-order valence-electron chi connectivity index (χ3n) is 2.98. The lowest BCUT2D eigenvalue weighted by atomic mass is 10.2. The van der Waals surface area contributed by atoms with Crippen LogP contribution in [-0.4, -0.2) is 35.5 Å². The molecule has 0 spiro atoms. The number of aryl methyl sites for hydroxylation is 1. The summed E-state index contributed by atoms with van der Waals surface area (Å²) in [4.78, 5) is 14.2. The summed E-state index contributed by atoms with van der Waals surface area (Å²) in [5, 5.41) is 7.55. The Hall–Kier alpha value is -0.880. The van der Waals surface area contributed by atoms with E-state index in [1.54, 1.807) is 6.20 Å². The summed E-state index contributed by atoms with van der Waals surface area (Å²) in [5.41, 5.74) is 0.837. The van der Waals surface area contributed by atoms with Crippen LogP contribution >= 0.6 is 15.9 Å². The third kappa shape index (κ3) is 2.52. The van der Waals surface area contributed by atoms with Crippen LogP contribution in [0.3, 0.4) is 0 Å². The summed E-state index contributed by atoms with van der Waals surface area (Å²) in [7, 11) is 0. The quantitative estimate of drug-likeness (QED) is 0.879. The van der Waals surface area contributed by atoms with Crippen molar-refractivity contribution in [1.29, 1.82) is 0 Å². The first-order chi connectivity index (χ1) is 8.13. The normalized spacial score (nSPS) is 20.6. The zero-order valence-corrected chi connectivity index (χ0v) is 11.7. The zero-order chi connectivity index (χ0) is 12.4. The summed E-state index contributed by atoms with van der Waals surface area (Å²) in [6.07, 6.45) is 1.77. The summed E-state index contributed by atoms with van der Waals surface area (Å²) < 4.78 is 2.07. The lowest BCUT2D eigenvalue weighted by Crippen LogP contribution is -2.49. The van der Waals surface area contributed by atoms with Crippen LogP contribution < -0.4 is 15.8 Å². The Morgan fingerprint density at radius 3 is 3.06 bits per heavy atom. The molecule has 17 heavy (non-hydrogen) atoms. The molecule has 2 rings (SSSR count). The number of halogens is 1. The van der Waals surface area contributed by atoms with E-state index in [4.69, 9.17) is 0 Å². The van der Waals surface area contributed by atoms with Gasteiger partial charge in [-0.05, 0) is 29.8 Å². The highest BCUT2D eigenvalue weighted by molar-refractivity contribution is 9.10. The predicted octanol–water partition coefficient (Wildman–Crippen LogP) is 0.824. The topological polar surface area (TPSA) is 50.2 Å². The van der Waals surface area contributed by atoms with E-state index in [0.29, 0.717) is 17.1 Å². The molecule has 94 valence electrons. The van der Waals surface area contributed by atoms with Crippen molar-refractivity contribution in [3.05, 3.63) is 21.0 Å². The van der Waals surface area contributed by atoms with Crippen LogP contribution in [0.2, 0.25) is 0 Å². The van der Waals surface area contributed by atoms with Gasteiger partial charge in [0.05, 0.1) is 11.9 Å². The molecular weight excluding hydrogens is 284 g/mol. The predicted molar refractivity (Wildman–Crippen MR) is 71.5 cm³/mol. The molecule has 1 aromatic heterocycles. The summed E-state index contributed by atoms with van der Waals surface area (Å²) in [5.74, 6) is 0. The van der Waals surface area contributed by atoms with Gasteiger partial charge in [0.2, 0.25) is 0 Å². The van der Waals surface area contributed by atoms with E-state index < -0.39 is 0 Å². The van der Waals surface area contributed by atoms with Gasteiger partial charge in [-0.2, -0.15) is 5.10 Å². The van der Waals surface area contributed by atoms with Gasteiger partial charge in [0.15, 0.2) is 0 Å². The molecule has 5 nitrogen and oxygen atoms in total. The summed E-state index contributed by atoms with van der Waals surface area (Å²) in [6, 6.07) is 0.434. The molecule has 0 aliphatic carbocycles. The van der Waals surface area contributed by atoms with E-state index in [1.807, 2.05) is 6.92 Å². The molecule has 1 aliphatic heterocycles. The Morgan fingerprint density at radius 1 is 1.65 bits per heavy atom. The first kappa shape index (κ1) is 12.6. The van der Waals surface area contributed by atoms with Crippen LogP contribution in [0, 0.1) is 0 Å². The van der Waals surface area contributed by atoms with Crippen LogP contribution in [0.5, 0.6) is 0 Å². The Balaban J connectivity index is 2.33. The van der Waals surface area contributed by atoms with Gasteiger partial charge in [0.1, 0.15) is 4.47 Å². The van der Waals surface area contributed by atoms with Gasteiger partial charge in [-0.1, -0.05) is 0 Å². The lowest BCUT2D eigenvalue weighted by Gasteiger charge is -2.33. The monoisotopic (exact) mass is 300 g/mol. The number of hydrogen-bond donors (Lipinski definition) is 1. The standard InChI is InChI=1S/C11H17BrN4O/c1-3-16-11(17)10(12)9(6-14-16)15-5-4-13-8(2)7-15/h6,8,13H,3-5,7H2,1-2H3/t8-/m0/s1. The Morgan fingerprint density at radius 2 is 2.41 bits per heavy atom. The fourth-order valence-corrected chi connectivity index (χ4v) is 2.61. The minimum Gasteiger partial charge on any atom is -0.366 e. The molecule has 1 aliphatic rings. The van der Waals surface area contributed by atoms with Crippen molar-refractivity contribution in [2.75, 3.05) is 24.5 Å². The Kier molecular flexibility index (Phi) is 3.83. The second-order valence-electron chi connectivity index (χ2n) is 4.27. The van der Waals surface area contributed by atoms with Crippen LogP contribution in [0.4, 0.5) is 5.69 Å². The molecule has 1 saturated heterocycles. The van der Waals surface area contributed by atoms with Crippen molar-refractivity contribution in [3.8, 4) is 0 Å². The minimum atomic E-state index is -0.0591. The number of piperazine rings is 1. The number of anilines is 1. The molecule has 2 heterocycles. The molecule has 0 saturated carbocycles. The van der Waals surface area contributed by atoms with Gasteiger partial charge < -0.3 is 10.2 Å². The van der Waals surface area contributed by atoms with E-state index in [2.05, 4.69) is 38.2 Å². The molecule has 0 radical (unpaired) electrons. The van der Waals surface area contributed by atoms with Crippen LogP contribution in [0.15, 0.2) is 15.5 Å². The molecule has 0 bridgehead atoms. The molecule has 0 amide bonds. The third-order valence-corrected chi connectivity index (χ3v) is 3.72. The molecule has 6 heteroatoms. The first-order valence-electron chi connectivity index (χ1n) is 5.87. The lowest BCUT2D eigenvalue weighted by molar-refractivity contribution is 0.482. The van der Waals surface area contributed by atoms with Crippen LogP contribution in [0.25, 0.3) is 0 Å². The van der Waals surface area contributed by atoms with Crippen LogP contribution in [0.1, 0.15) is 13.8 Å². The largest absolute Gasteiger partial charge is 0.366 e. The number of aromatic nitrogens is 2. The molecular formula is C11H17BrN4O. The highest BCUT2D eigenvalue weighted by Gasteiger charge is 2.20. The van der Waals surface area contributed by atoms with Gasteiger partial charge >= 0.3 is 0 Å². The highest BCUT2D eigenvalue weighted by Crippen LogP contribution is 2.22. The average Bonchev–Trinajstić information content (AvgIpc) is 2.32. The maximum absolute atomic E-state index is 12.0. The maximum Gasteiger partial charge on any atom is 0.283 e. The van der Waals surface area contributed by atoms with E-state index >= 15 is 0 Å². The number of nitrogens with zero attached hydrogens (tertiary/aromatic N) is 3. The number of rotatable bonds is 2. The maximum atomic E-state index is 12.0. The number of hydrogen-bond acceptors (Lipinski definition) is 4. The second kappa shape index (κ2) is 5.18. The van der Waals surface area contributed by atoms with Crippen molar-refractivity contribution in [2.24, 2.45) is 0 Å².